The average molecular weight is 469 g/mol. The summed E-state index contributed by atoms with van der Waals surface area (Å²) in [5, 5.41) is 2.09. The Bertz CT molecular complexity index is 900. The Balaban J connectivity index is 2.16. The summed E-state index contributed by atoms with van der Waals surface area (Å²) in [5.41, 5.74) is 0.971. The molecule has 1 N–H and O–H groups in total. The molecule has 174 valence electrons. The summed E-state index contributed by atoms with van der Waals surface area (Å²) >= 11 is 0. The van der Waals surface area contributed by atoms with Gasteiger partial charge in [-0.25, -0.2) is 0 Å². The molecule has 1 unspecified atom stereocenters. The average Bonchev–Trinajstić information content (AvgIpc) is 2.73. The van der Waals surface area contributed by atoms with E-state index in [1.165, 1.54) is 31.4 Å². The van der Waals surface area contributed by atoms with Gasteiger partial charge < -0.3 is 19.4 Å². The molecule has 0 saturated carbocycles. The smallest absolute Gasteiger partial charge is 0.417 e. The lowest BCUT2D eigenvalue weighted by Crippen LogP contribution is -2.63. The second kappa shape index (κ2) is 10.5. The van der Waals surface area contributed by atoms with E-state index in [0.29, 0.717) is 5.75 Å². The minimum Gasteiger partial charge on any atom is -0.497 e. The molecular formula is C22H27F3N2O4Si. The van der Waals surface area contributed by atoms with Crippen molar-refractivity contribution in [1.29, 1.82) is 0 Å². The number of benzene rings is 2. The van der Waals surface area contributed by atoms with E-state index in [9.17, 15) is 22.8 Å². The Morgan fingerprint density at radius 2 is 1.62 bits per heavy atom. The van der Waals surface area contributed by atoms with E-state index in [0.717, 1.165) is 10.1 Å². The van der Waals surface area contributed by atoms with Crippen LogP contribution in [0.5, 0.6) is 5.75 Å². The summed E-state index contributed by atoms with van der Waals surface area (Å²) in [4.78, 5) is 24.6. The number of rotatable bonds is 9. The molecule has 0 aromatic heterocycles. The minimum atomic E-state index is -4.86. The summed E-state index contributed by atoms with van der Waals surface area (Å²) in [6.07, 6.45) is -4.86. The van der Waals surface area contributed by atoms with E-state index in [1.807, 2.05) is 0 Å². The third-order valence-electron chi connectivity index (χ3n) is 4.54. The summed E-state index contributed by atoms with van der Waals surface area (Å²) < 4.78 is 53.4. The van der Waals surface area contributed by atoms with Gasteiger partial charge in [0.15, 0.2) is 6.04 Å². The Kier molecular flexibility index (Phi) is 8.31. The molecule has 0 saturated heterocycles. The largest absolute Gasteiger partial charge is 0.497 e. The van der Waals surface area contributed by atoms with Crippen LogP contribution in [-0.4, -0.2) is 46.0 Å². The van der Waals surface area contributed by atoms with Gasteiger partial charge in [0, 0.05) is 5.69 Å². The van der Waals surface area contributed by atoms with Gasteiger partial charge in [0.25, 0.3) is 5.91 Å². The summed E-state index contributed by atoms with van der Waals surface area (Å²) in [5.74, 6) is -1.65. The molecule has 0 aliphatic rings. The van der Waals surface area contributed by atoms with Crippen molar-refractivity contribution in [3.63, 3.8) is 0 Å². The van der Waals surface area contributed by atoms with Crippen molar-refractivity contribution in [3.05, 3.63) is 60.2 Å². The molecule has 0 aliphatic heterocycles. The predicted molar refractivity (Wildman–Crippen MR) is 118 cm³/mol. The Labute approximate surface area is 186 Å². The Morgan fingerprint density at radius 1 is 1.03 bits per heavy atom. The van der Waals surface area contributed by atoms with Gasteiger partial charge in [-0.1, -0.05) is 50.0 Å². The molecule has 0 fully saturated rings. The lowest BCUT2D eigenvalue weighted by atomic mass is 10.2. The third-order valence-corrected chi connectivity index (χ3v) is 6.50. The lowest BCUT2D eigenvalue weighted by Gasteiger charge is -2.42. The fraction of sp³-hybridized carbons (Fsp3) is 0.364. The molecular weight excluding hydrogens is 441 g/mol. The molecule has 0 aliphatic carbocycles. The second-order valence-corrected chi connectivity index (χ2v) is 12.9. The van der Waals surface area contributed by atoms with E-state index in [2.05, 4.69) is 5.32 Å². The molecule has 2 aromatic carbocycles. The number of carbonyl (C=O) groups is 2. The van der Waals surface area contributed by atoms with Crippen LogP contribution in [0.3, 0.4) is 0 Å². The second-order valence-electron chi connectivity index (χ2n) is 8.05. The molecule has 2 rings (SSSR count). The molecule has 1 atom stereocenters. The molecule has 32 heavy (non-hydrogen) atoms. The number of carbonyl (C=O) groups excluding carboxylic acids is 2. The molecule has 1 amide bonds. The summed E-state index contributed by atoms with van der Waals surface area (Å²) in [7, 11) is -1.26. The maximum Gasteiger partial charge on any atom is 0.417 e. The van der Waals surface area contributed by atoms with Gasteiger partial charge in [0.05, 0.1) is 7.11 Å². The number of nitrogens with zero attached hydrogens (tertiary/aromatic N) is 1. The van der Waals surface area contributed by atoms with Crippen molar-refractivity contribution in [1.82, 2.24) is 5.32 Å². The predicted octanol–water partition coefficient (Wildman–Crippen LogP) is 4.13. The number of hydrogen-bond donors (Lipinski definition) is 1. The van der Waals surface area contributed by atoms with E-state index >= 15 is 0 Å². The number of methoxy groups -OCH3 is 1. The third kappa shape index (κ3) is 7.01. The normalized spacial score (nSPS) is 12.6. The fourth-order valence-corrected chi connectivity index (χ4v) is 5.09. The van der Waals surface area contributed by atoms with Crippen LogP contribution in [0.15, 0.2) is 54.6 Å². The van der Waals surface area contributed by atoms with E-state index in [4.69, 9.17) is 9.47 Å². The molecule has 0 heterocycles. The lowest BCUT2D eigenvalue weighted by molar-refractivity contribution is -0.163. The zero-order chi connectivity index (χ0) is 23.9. The molecule has 0 radical (unpaired) electrons. The van der Waals surface area contributed by atoms with Crippen molar-refractivity contribution in [2.24, 2.45) is 0 Å². The SMILES string of the molecule is COc1ccc(N(C(C(=O)NCC(=O)OCc2ccccc2)C(F)(F)F)[Si](C)(C)C)cc1. The van der Waals surface area contributed by atoms with Gasteiger partial charge in [-0.05, 0) is 29.8 Å². The van der Waals surface area contributed by atoms with Crippen LogP contribution in [0.25, 0.3) is 0 Å². The maximum atomic E-state index is 14.1. The fourth-order valence-electron chi connectivity index (χ4n) is 3.12. The van der Waals surface area contributed by atoms with Crippen LogP contribution in [0, 0.1) is 0 Å². The van der Waals surface area contributed by atoms with E-state index in [-0.39, 0.29) is 12.3 Å². The van der Waals surface area contributed by atoms with Gasteiger partial charge in [-0.15, -0.1) is 0 Å². The van der Waals surface area contributed by atoms with Gasteiger partial charge in [-0.3, -0.25) is 9.59 Å². The summed E-state index contributed by atoms with van der Waals surface area (Å²) in [6, 6.07) is 12.4. The summed E-state index contributed by atoms with van der Waals surface area (Å²) in [6.45, 7) is 4.41. The number of hydrogen-bond acceptors (Lipinski definition) is 5. The van der Waals surface area contributed by atoms with Crippen LogP contribution in [-0.2, 0) is 20.9 Å². The number of ether oxygens (including phenoxy) is 2. The van der Waals surface area contributed by atoms with Crippen molar-refractivity contribution in [2.75, 3.05) is 18.2 Å². The van der Waals surface area contributed by atoms with Gasteiger partial charge in [0.2, 0.25) is 0 Å². The van der Waals surface area contributed by atoms with E-state index < -0.39 is 38.9 Å². The first kappa shape index (κ1) is 25.2. The first-order valence-electron chi connectivity index (χ1n) is 9.91. The number of nitrogens with one attached hydrogen (secondary N) is 1. The van der Waals surface area contributed by atoms with Crippen LogP contribution in [0.4, 0.5) is 18.9 Å². The van der Waals surface area contributed by atoms with Gasteiger partial charge in [-0.2, -0.15) is 13.2 Å². The number of halogens is 3. The Morgan fingerprint density at radius 3 is 2.12 bits per heavy atom. The Hall–Kier alpha value is -3.01. The highest BCUT2D eigenvalue weighted by molar-refractivity contribution is 6.80. The van der Waals surface area contributed by atoms with Crippen molar-refractivity contribution in [2.45, 2.75) is 38.5 Å². The highest BCUT2D eigenvalue weighted by atomic mass is 28.3. The monoisotopic (exact) mass is 468 g/mol. The highest BCUT2D eigenvalue weighted by Crippen LogP contribution is 2.34. The molecule has 6 nitrogen and oxygen atoms in total. The maximum absolute atomic E-state index is 14.1. The van der Waals surface area contributed by atoms with Crippen molar-refractivity contribution >= 4 is 25.8 Å². The quantitative estimate of drug-likeness (QED) is 0.443. The zero-order valence-corrected chi connectivity index (χ0v) is 19.4. The molecule has 0 bridgehead atoms. The first-order valence-corrected chi connectivity index (χ1v) is 13.4. The molecule has 10 heteroatoms. The first-order chi connectivity index (χ1) is 14.9. The minimum absolute atomic E-state index is 0.0366. The number of amides is 1. The van der Waals surface area contributed by atoms with Crippen LogP contribution < -0.4 is 14.6 Å². The number of anilines is 1. The van der Waals surface area contributed by atoms with Crippen LogP contribution in [0.1, 0.15) is 5.56 Å². The van der Waals surface area contributed by atoms with Gasteiger partial charge in [0.1, 0.15) is 27.1 Å². The van der Waals surface area contributed by atoms with Crippen LogP contribution in [0.2, 0.25) is 19.6 Å². The van der Waals surface area contributed by atoms with Gasteiger partial charge >= 0.3 is 12.1 Å². The van der Waals surface area contributed by atoms with Crippen molar-refractivity contribution < 1.29 is 32.2 Å². The molecule has 0 spiro atoms. The number of alkyl halides is 3. The van der Waals surface area contributed by atoms with Crippen LogP contribution >= 0.6 is 0 Å². The molecule has 2 aromatic rings. The highest BCUT2D eigenvalue weighted by Gasteiger charge is 2.52. The van der Waals surface area contributed by atoms with Crippen molar-refractivity contribution in [3.8, 4) is 5.75 Å². The number of esters is 1. The zero-order valence-electron chi connectivity index (χ0n) is 18.4. The topological polar surface area (TPSA) is 67.9 Å². The van der Waals surface area contributed by atoms with E-state index in [1.54, 1.807) is 50.0 Å². The standard InChI is InChI=1S/C22H27F3N2O4Si/c1-30-18-12-10-17(11-13-18)27(32(2,3)4)20(22(23,24)25)21(29)26-14-19(28)31-15-16-8-6-5-7-9-16/h5-13,20H,14-15H2,1-4H3,(H,26,29).